The van der Waals surface area contributed by atoms with Crippen molar-refractivity contribution in [1.82, 2.24) is 9.03 Å². The molecule has 0 aromatic rings. The zero-order chi connectivity index (χ0) is 11.5. The van der Waals surface area contributed by atoms with Crippen LogP contribution in [-0.2, 0) is 10.2 Å². The Labute approximate surface area is 91.7 Å². The molecule has 0 heterocycles. The maximum absolute atomic E-state index is 11.4. The first-order valence-electron chi connectivity index (χ1n) is 5.27. The van der Waals surface area contributed by atoms with Crippen LogP contribution in [0.15, 0.2) is 0 Å². The van der Waals surface area contributed by atoms with E-state index in [0.29, 0.717) is 12.5 Å². The Morgan fingerprint density at radius 2 is 1.80 bits per heavy atom. The van der Waals surface area contributed by atoms with Crippen molar-refractivity contribution < 1.29 is 13.5 Å². The third-order valence-corrected chi connectivity index (χ3v) is 4.34. The van der Waals surface area contributed by atoms with E-state index in [0.717, 1.165) is 25.7 Å². The molecule has 15 heavy (non-hydrogen) atoms. The van der Waals surface area contributed by atoms with Crippen LogP contribution in [-0.4, -0.2) is 44.6 Å². The second-order valence-electron chi connectivity index (χ2n) is 4.31. The monoisotopic (exact) mass is 236 g/mol. The summed E-state index contributed by atoms with van der Waals surface area (Å²) in [6.07, 6.45) is 3.18. The van der Waals surface area contributed by atoms with Gasteiger partial charge in [-0.15, -0.1) is 0 Å². The second kappa shape index (κ2) is 5.25. The topological polar surface area (TPSA) is 69.6 Å². The molecule has 1 saturated carbocycles. The van der Waals surface area contributed by atoms with Gasteiger partial charge in [0, 0.05) is 20.6 Å². The zero-order valence-electron chi connectivity index (χ0n) is 9.31. The fraction of sp³-hybridized carbons (Fsp3) is 1.00. The van der Waals surface area contributed by atoms with Gasteiger partial charge in [-0.05, 0) is 31.6 Å². The molecule has 1 aliphatic carbocycles. The lowest BCUT2D eigenvalue weighted by Crippen LogP contribution is -2.39. The molecule has 90 valence electrons. The largest absolute Gasteiger partial charge is 0.393 e. The molecule has 1 fully saturated rings. The van der Waals surface area contributed by atoms with Gasteiger partial charge < -0.3 is 5.11 Å². The molecular formula is C9H20N2O3S. The number of aliphatic hydroxyl groups is 1. The minimum Gasteiger partial charge on any atom is -0.393 e. The maximum atomic E-state index is 11.4. The summed E-state index contributed by atoms with van der Waals surface area (Å²) in [5, 5.41) is 9.30. The third kappa shape index (κ3) is 4.06. The van der Waals surface area contributed by atoms with E-state index in [4.69, 9.17) is 0 Å². The summed E-state index contributed by atoms with van der Waals surface area (Å²) in [6, 6.07) is 0. The molecule has 6 heteroatoms. The number of rotatable bonds is 4. The fourth-order valence-electron chi connectivity index (χ4n) is 1.70. The van der Waals surface area contributed by atoms with Crippen molar-refractivity contribution in [2.75, 3.05) is 20.6 Å². The second-order valence-corrected chi connectivity index (χ2v) is 6.28. The Balaban J connectivity index is 2.32. The first-order chi connectivity index (χ1) is 6.92. The fourth-order valence-corrected chi connectivity index (χ4v) is 2.41. The van der Waals surface area contributed by atoms with Crippen LogP contribution in [0.5, 0.6) is 0 Å². The number of hydrogen-bond acceptors (Lipinski definition) is 3. The maximum Gasteiger partial charge on any atom is 0.278 e. The van der Waals surface area contributed by atoms with Crippen LogP contribution in [0.2, 0.25) is 0 Å². The predicted molar refractivity (Wildman–Crippen MR) is 58.6 cm³/mol. The quantitative estimate of drug-likeness (QED) is 0.718. The summed E-state index contributed by atoms with van der Waals surface area (Å²) in [4.78, 5) is 0. The van der Waals surface area contributed by atoms with E-state index >= 15 is 0 Å². The van der Waals surface area contributed by atoms with E-state index < -0.39 is 10.2 Å². The molecule has 5 nitrogen and oxygen atoms in total. The van der Waals surface area contributed by atoms with Crippen LogP contribution in [0.3, 0.4) is 0 Å². The Morgan fingerprint density at radius 1 is 1.27 bits per heavy atom. The molecule has 0 bridgehead atoms. The van der Waals surface area contributed by atoms with Gasteiger partial charge in [-0.1, -0.05) is 0 Å². The van der Waals surface area contributed by atoms with Gasteiger partial charge in [0.2, 0.25) is 0 Å². The summed E-state index contributed by atoms with van der Waals surface area (Å²) < 4.78 is 26.5. The average molecular weight is 236 g/mol. The third-order valence-electron chi connectivity index (χ3n) is 2.85. The summed E-state index contributed by atoms with van der Waals surface area (Å²) in [5.74, 6) is 0.364. The van der Waals surface area contributed by atoms with Crippen molar-refractivity contribution >= 4 is 10.2 Å². The molecule has 1 rings (SSSR count). The van der Waals surface area contributed by atoms with Crippen molar-refractivity contribution in [1.29, 1.82) is 0 Å². The van der Waals surface area contributed by atoms with Gasteiger partial charge in [0.25, 0.3) is 10.2 Å². The number of nitrogens with one attached hydrogen (secondary N) is 1. The minimum absolute atomic E-state index is 0.188. The summed E-state index contributed by atoms with van der Waals surface area (Å²) in [7, 11) is -0.276. The lowest BCUT2D eigenvalue weighted by atomic mass is 9.88. The highest BCUT2D eigenvalue weighted by molar-refractivity contribution is 7.87. The predicted octanol–water partition coefficient (Wildman–Crippen LogP) is -0.0665. The zero-order valence-corrected chi connectivity index (χ0v) is 10.1. The lowest BCUT2D eigenvalue weighted by molar-refractivity contribution is 0.109. The molecule has 0 saturated heterocycles. The number of nitrogens with zero attached hydrogens (tertiary/aromatic N) is 1. The Morgan fingerprint density at radius 3 is 2.27 bits per heavy atom. The molecule has 0 unspecified atom stereocenters. The Hall–Kier alpha value is -0.170. The van der Waals surface area contributed by atoms with Crippen LogP contribution in [0.25, 0.3) is 0 Å². The molecule has 0 radical (unpaired) electrons. The molecule has 0 spiro atoms. The van der Waals surface area contributed by atoms with E-state index in [1.807, 2.05) is 0 Å². The average Bonchev–Trinajstić information content (AvgIpc) is 2.17. The van der Waals surface area contributed by atoms with Crippen molar-refractivity contribution in [2.24, 2.45) is 5.92 Å². The molecule has 2 N–H and O–H groups in total. The lowest BCUT2D eigenvalue weighted by Gasteiger charge is -2.25. The molecule has 0 aromatic carbocycles. The van der Waals surface area contributed by atoms with Crippen molar-refractivity contribution in [3.05, 3.63) is 0 Å². The summed E-state index contributed by atoms with van der Waals surface area (Å²) in [5.41, 5.74) is 0. The standard InChI is InChI=1S/C9H20N2O3S/c1-11(2)15(13,14)10-7-8-3-5-9(12)6-4-8/h8-10,12H,3-7H2,1-2H3. The molecule has 0 aliphatic heterocycles. The van der Waals surface area contributed by atoms with Gasteiger partial charge in [-0.3, -0.25) is 0 Å². The number of hydrogen-bond donors (Lipinski definition) is 2. The highest BCUT2D eigenvalue weighted by Crippen LogP contribution is 2.23. The smallest absolute Gasteiger partial charge is 0.278 e. The highest BCUT2D eigenvalue weighted by atomic mass is 32.2. The Bertz CT molecular complexity index is 282. The van der Waals surface area contributed by atoms with Crippen LogP contribution < -0.4 is 4.72 Å². The Kier molecular flexibility index (Phi) is 4.51. The highest BCUT2D eigenvalue weighted by Gasteiger charge is 2.21. The van der Waals surface area contributed by atoms with Gasteiger partial charge in [0.05, 0.1) is 6.10 Å². The molecule has 1 aliphatic rings. The van der Waals surface area contributed by atoms with Gasteiger partial charge in [-0.25, -0.2) is 4.72 Å². The first kappa shape index (κ1) is 12.9. The van der Waals surface area contributed by atoms with E-state index in [2.05, 4.69) is 4.72 Å². The SMILES string of the molecule is CN(C)S(=O)(=O)NCC1CCC(O)CC1. The van der Waals surface area contributed by atoms with Crippen molar-refractivity contribution in [3.8, 4) is 0 Å². The van der Waals surface area contributed by atoms with Gasteiger partial charge >= 0.3 is 0 Å². The van der Waals surface area contributed by atoms with E-state index in [1.54, 1.807) is 0 Å². The van der Waals surface area contributed by atoms with Gasteiger partial charge in [0.1, 0.15) is 0 Å². The van der Waals surface area contributed by atoms with E-state index in [1.165, 1.54) is 18.4 Å². The first-order valence-corrected chi connectivity index (χ1v) is 6.71. The summed E-state index contributed by atoms with van der Waals surface area (Å²) in [6.45, 7) is 0.479. The van der Waals surface area contributed by atoms with Crippen LogP contribution >= 0.6 is 0 Å². The van der Waals surface area contributed by atoms with Crippen LogP contribution in [0.1, 0.15) is 25.7 Å². The van der Waals surface area contributed by atoms with Gasteiger partial charge in [-0.2, -0.15) is 12.7 Å². The summed E-state index contributed by atoms with van der Waals surface area (Å²) >= 11 is 0. The van der Waals surface area contributed by atoms with Gasteiger partial charge in [0.15, 0.2) is 0 Å². The molecule has 0 atom stereocenters. The van der Waals surface area contributed by atoms with Crippen LogP contribution in [0, 0.1) is 5.92 Å². The molecular weight excluding hydrogens is 216 g/mol. The van der Waals surface area contributed by atoms with E-state index in [9.17, 15) is 13.5 Å². The normalized spacial score (nSPS) is 28.3. The molecule has 0 aromatic heterocycles. The van der Waals surface area contributed by atoms with Crippen LogP contribution in [0.4, 0.5) is 0 Å². The minimum atomic E-state index is -3.29. The number of aliphatic hydroxyl groups excluding tert-OH is 1. The van der Waals surface area contributed by atoms with Crippen molar-refractivity contribution in [3.63, 3.8) is 0 Å². The van der Waals surface area contributed by atoms with E-state index in [-0.39, 0.29) is 6.10 Å². The van der Waals surface area contributed by atoms with Crippen molar-refractivity contribution in [2.45, 2.75) is 31.8 Å². The molecule has 0 amide bonds.